The maximum atomic E-state index is 6.19. The van der Waals surface area contributed by atoms with Gasteiger partial charge < -0.3 is 5.73 Å². The number of nitrogens with one attached hydrogen (secondary N) is 1. The van der Waals surface area contributed by atoms with E-state index in [0.717, 1.165) is 18.1 Å². The van der Waals surface area contributed by atoms with E-state index in [1.54, 1.807) is 0 Å². The summed E-state index contributed by atoms with van der Waals surface area (Å²) >= 11 is 0. The molecule has 4 nitrogen and oxygen atoms in total. The van der Waals surface area contributed by atoms with Crippen LogP contribution in [0.1, 0.15) is 74.9 Å². The van der Waals surface area contributed by atoms with Crippen LogP contribution in [0.5, 0.6) is 0 Å². The Balaban J connectivity index is 1.74. The van der Waals surface area contributed by atoms with Crippen LogP contribution in [-0.4, -0.2) is 21.2 Å². The van der Waals surface area contributed by atoms with Gasteiger partial charge in [-0.05, 0) is 25.7 Å². The normalized spacial score (nSPS) is 30.9. The van der Waals surface area contributed by atoms with Crippen molar-refractivity contribution in [3.63, 3.8) is 0 Å². The first kappa shape index (κ1) is 11.2. The fourth-order valence-electron chi connectivity index (χ4n) is 3.32. The zero-order valence-corrected chi connectivity index (χ0v) is 10.4. The Hall–Kier alpha value is -0.900. The van der Waals surface area contributed by atoms with Crippen molar-refractivity contribution < 1.29 is 0 Å². The van der Waals surface area contributed by atoms with Gasteiger partial charge in [0.2, 0.25) is 0 Å². The van der Waals surface area contributed by atoms with Crippen molar-refractivity contribution in [1.29, 1.82) is 0 Å². The molecule has 0 bridgehead atoms. The smallest absolute Gasteiger partial charge is 0.153 e. The first-order valence-corrected chi connectivity index (χ1v) is 7.02. The fourth-order valence-corrected chi connectivity index (χ4v) is 3.32. The zero-order valence-electron chi connectivity index (χ0n) is 10.4. The first-order chi connectivity index (χ1) is 8.34. The van der Waals surface area contributed by atoms with Crippen molar-refractivity contribution in [1.82, 2.24) is 15.2 Å². The van der Waals surface area contributed by atoms with E-state index in [1.807, 2.05) is 0 Å². The van der Waals surface area contributed by atoms with E-state index in [1.165, 1.54) is 44.9 Å². The Morgan fingerprint density at radius 3 is 2.47 bits per heavy atom. The molecule has 2 unspecified atom stereocenters. The van der Waals surface area contributed by atoms with Gasteiger partial charge in [0.05, 0.1) is 0 Å². The van der Waals surface area contributed by atoms with Gasteiger partial charge in [0.1, 0.15) is 5.82 Å². The number of hydrogen-bond donors (Lipinski definition) is 2. The lowest BCUT2D eigenvalue weighted by atomic mass is 9.84. The molecule has 0 spiro atoms. The van der Waals surface area contributed by atoms with Crippen molar-refractivity contribution >= 4 is 0 Å². The molecule has 0 saturated heterocycles. The van der Waals surface area contributed by atoms with E-state index in [0.29, 0.717) is 11.8 Å². The summed E-state index contributed by atoms with van der Waals surface area (Å²) in [7, 11) is 0. The van der Waals surface area contributed by atoms with Crippen LogP contribution < -0.4 is 5.73 Å². The van der Waals surface area contributed by atoms with Crippen molar-refractivity contribution in [2.75, 3.05) is 0 Å². The molecule has 3 rings (SSSR count). The highest BCUT2D eigenvalue weighted by Crippen LogP contribution is 2.34. The third-order valence-electron chi connectivity index (χ3n) is 4.41. The molecule has 2 aliphatic carbocycles. The lowest BCUT2D eigenvalue weighted by Crippen LogP contribution is -2.32. The van der Waals surface area contributed by atoms with Gasteiger partial charge in [-0.25, -0.2) is 4.98 Å². The molecule has 1 aromatic rings. The Bertz CT molecular complexity index is 367. The van der Waals surface area contributed by atoms with Crippen molar-refractivity contribution in [2.24, 2.45) is 5.73 Å². The molecule has 0 radical (unpaired) electrons. The van der Waals surface area contributed by atoms with Crippen molar-refractivity contribution in [3.8, 4) is 0 Å². The van der Waals surface area contributed by atoms with Crippen LogP contribution >= 0.6 is 0 Å². The molecule has 2 atom stereocenters. The topological polar surface area (TPSA) is 67.6 Å². The van der Waals surface area contributed by atoms with Crippen LogP contribution in [0.4, 0.5) is 0 Å². The Morgan fingerprint density at radius 1 is 1.00 bits per heavy atom. The Morgan fingerprint density at radius 2 is 1.71 bits per heavy atom. The molecular weight excluding hydrogens is 212 g/mol. The van der Waals surface area contributed by atoms with Gasteiger partial charge in [0, 0.05) is 17.9 Å². The second kappa shape index (κ2) is 4.77. The molecule has 2 aliphatic rings. The van der Waals surface area contributed by atoms with Gasteiger partial charge >= 0.3 is 0 Å². The van der Waals surface area contributed by atoms with Crippen molar-refractivity contribution in [2.45, 2.75) is 69.2 Å². The van der Waals surface area contributed by atoms with E-state index >= 15 is 0 Å². The molecule has 4 heteroatoms. The van der Waals surface area contributed by atoms with Crippen molar-refractivity contribution in [3.05, 3.63) is 11.6 Å². The van der Waals surface area contributed by atoms with Gasteiger partial charge in [-0.15, -0.1) is 0 Å². The predicted octanol–water partition coefficient (Wildman–Crippen LogP) is 2.45. The van der Waals surface area contributed by atoms with Gasteiger partial charge in [-0.1, -0.05) is 25.7 Å². The van der Waals surface area contributed by atoms with Gasteiger partial charge in [0.15, 0.2) is 5.82 Å². The summed E-state index contributed by atoms with van der Waals surface area (Å²) in [6.45, 7) is 0. The summed E-state index contributed by atoms with van der Waals surface area (Å²) in [6, 6.07) is 0.271. The van der Waals surface area contributed by atoms with Crippen LogP contribution in [0.15, 0.2) is 0 Å². The molecule has 2 saturated carbocycles. The summed E-state index contributed by atoms with van der Waals surface area (Å²) < 4.78 is 0. The fraction of sp³-hybridized carbons (Fsp3) is 0.846. The maximum Gasteiger partial charge on any atom is 0.153 e. The minimum absolute atomic E-state index is 0.271. The Labute approximate surface area is 102 Å². The number of hydrogen-bond acceptors (Lipinski definition) is 3. The third-order valence-corrected chi connectivity index (χ3v) is 4.41. The molecular formula is C13H22N4. The van der Waals surface area contributed by atoms with E-state index in [4.69, 9.17) is 10.7 Å². The monoisotopic (exact) mass is 234 g/mol. The van der Waals surface area contributed by atoms with Crippen LogP contribution in [0.3, 0.4) is 0 Å². The summed E-state index contributed by atoms with van der Waals surface area (Å²) in [5, 5.41) is 7.56. The number of rotatable bonds is 2. The minimum Gasteiger partial charge on any atom is -0.327 e. The van der Waals surface area contributed by atoms with E-state index in [9.17, 15) is 0 Å². The van der Waals surface area contributed by atoms with E-state index < -0.39 is 0 Å². The first-order valence-electron chi connectivity index (χ1n) is 7.02. The molecule has 17 heavy (non-hydrogen) atoms. The maximum absolute atomic E-state index is 6.19. The summed E-state index contributed by atoms with van der Waals surface area (Å²) in [5.41, 5.74) is 6.19. The average Bonchev–Trinajstić information content (AvgIpc) is 3.00. The molecule has 3 N–H and O–H groups in total. The van der Waals surface area contributed by atoms with Crippen LogP contribution in [0, 0.1) is 0 Å². The van der Waals surface area contributed by atoms with Crippen LogP contribution in [0.2, 0.25) is 0 Å². The van der Waals surface area contributed by atoms with Gasteiger partial charge in [-0.3, -0.25) is 5.10 Å². The molecule has 0 aliphatic heterocycles. The third kappa shape index (κ3) is 2.23. The highest BCUT2D eigenvalue weighted by atomic mass is 15.2. The van der Waals surface area contributed by atoms with E-state index in [2.05, 4.69) is 10.2 Å². The number of nitrogens with two attached hydrogens (primary N) is 1. The lowest BCUT2D eigenvalue weighted by molar-refractivity contribution is 0.373. The second-order valence-corrected chi connectivity index (χ2v) is 5.62. The summed E-state index contributed by atoms with van der Waals surface area (Å²) in [6.07, 6.45) is 10.0. The average molecular weight is 234 g/mol. The SMILES string of the molecule is NC1CCCCC1c1nc(C2CCCC2)n[nH]1. The standard InChI is InChI=1S/C13H22N4/c14-11-8-4-3-7-10(11)13-15-12(16-17-13)9-5-1-2-6-9/h9-11H,1-8,14H2,(H,15,16,17). The molecule has 0 aromatic carbocycles. The van der Waals surface area contributed by atoms with Gasteiger partial charge in [0.25, 0.3) is 0 Å². The number of H-pyrrole nitrogens is 1. The largest absolute Gasteiger partial charge is 0.327 e. The minimum atomic E-state index is 0.271. The number of aromatic nitrogens is 3. The van der Waals surface area contributed by atoms with Crippen LogP contribution in [-0.2, 0) is 0 Å². The molecule has 94 valence electrons. The molecule has 1 aromatic heterocycles. The molecule has 0 amide bonds. The van der Waals surface area contributed by atoms with Crippen LogP contribution in [0.25, 0.3) is 0 Å². The molecule has 2 fully saturated rings. The lowest BCUT2D eigenvalue weighted by Gasteiger charge is -2.26. The number of aromatic amines is 1. The number of nitrogens with zero attached hydrogens (tertiary/aromatic N) is 2. The summed E-state index contributed by atoms with van der Waals surface area (Å²) in [4.78, 5) is 4.72. The highest BCUT2D eigenvalue weighted by molar-refractivity contribution is 5.06. The highest BCUT2D eigenvalue weighted by Gasteiger charge is 2.28. The quantitative estimate of drug-likeness (QED) is 0.826. The van der Waals surface area contributed by atoms with Gasteiger partial charge in [-0.2, -0.15) is 5.10 Å². The molecule has 1 heterocycles. The zero-order chi connectivity index (χ0) is 11.7. The second-order valence-electron chi connectivity index (χ2n) is 5.62. The van der Waals surface area contributed by atoms with E-state index in [-0.39, 0.29) is 6.04 Å². The Kier molecular flexibility index (Phi) is 3.14. The predicted molar refractivity (Wildman–Crippen MR) is 66.8 cm³/mol. The summed E-state index contributed by atoms with van der Waals surface area (Å²) in [5.74, 6) is 3.08.